The first-order valence-electron chi connectivity index (χ1n) is 5.93. The van der Waals surface area contributed by atoms with Gasteiger partial charge < -0.3 is 4.74 Å². The third-order valence-corrected chi connectivity index (χ3v) is 4.27. The molecule has 0 aliphatic rings. The Bertz CT molecular complexity index is 632. The number of rotatable bonds is 4. The fraction of sp³-hybridized carbons (Fsp3) is 0.200. The van der Waals surface area contributed by atoms with Gasteiger partial charge in [0.05, 0.1) is 0 Å². The molecule has 2 aromatic carbocycles. The summed E-state index contributed by atoms with van der Waals surface area (Å²) in [6, 6.07) is 8.24. The van der Waals surface area contributed by atoms with Gasteiger partial charge in [-0.1, -0.05) is 43.5 Å². The van der Waals surface area contributed by atoms with Crippen LogP contribution in [0.1, 0.15) is 16.7 Å². The molecule has 2 aromatic rings. The Balaban J connectivity index is 2.25. The molecule has 0 fully saturated rings. The first-order chi connectivity index (χ1) is 9.51. The van der Waals surface area contributed by atoms with Crippen LogP contribution in [-0.4, -0.2) is 0 Å². The third kappa shape index (κ3) is 3.74. The normalized spacial score (nSPS) is 10.7. The summed E-state index contributed by atoms with van der Waals surface area (Å²) in [7, 11) is 0. The molecule has 0 saturated heterocycles. The minimum atomic E-state index is -0.318. The van der Waals surface area contributed by atoms with Gasteiger partial charge in [0.1, 0.15) is 18.2 Å². The zero-order valence-electron chi connectivity index (χ0n) is 10.7. The molecule has 0 bridgehead atoms. The fourth-order valence-electron chi connectivity index (χ4n) is 1.91. The predicted octanol–water partition coefficient (Wildman–Crippen LogP) is 6.02. The van der Waals surface area contributed by atoms with Crippen LogP contribution in [0.5, 0.6) is 5.75 Å². The van der Waals surface area contributed by atoms with Gasteiger partial charge in [-0.05, 0) is 42.8 Å². The van der Waals surface area contributed by atoms with Crippen molar-refractivity contribution in [3.63, 3.8) is 0 Å². The van der Waals surface area contributed by atoms with Gasteiger partial charge in [-0.25, -0.2) is 4.39 Å². The van der Waals surface area contributed by atoms with E-state index in [0.717, 1.165) is 21.3 Å². The Labute approximate surface area is 139 Å². The zero-order chi connectivity index (χ0) is 14.7. The number of halogens is 4. The van der Waals surface area contributed by atoms with Gasteiger partial charge >= 0.3 is 0 Å². The van der Waals surface area contributed by atoms with Gasteiger partial charge in [0.2, 0.25) is 0 Å². The van der Waals surface area contributed by atoms with Crippen molar-refractivity contribution in [3.05, 3.63) is 62.3 Å². The van der Waals surface area contributed by atoms with Crippen LogP contribution in [0.2, 0.25) is 5.02 Å². The van der Waals surface area contributed by atoms with E-state index >= 15 is 0 Å². The molecule has 20 heavy (non-hydrogen) atoms. The van der Waals surface area contributed by atoms with Gasteiger partial charge in [0.15, 0.2) is 0 Å². The minimum absolute atomic E-state index is 0.235. The molecule has 2 rings (SSSR count). The van der Waals surface area contributed by atoms with Crippen molar-refractivity contribution in [2.75, 3.05) is 0 Å². The summed E-state index contributed by atoms with van der Waals surface area (Å²) in [6.45, 7) is 2.21. The predicted molar refractivity (Wildman–Crippen MR) is 87.3 cm³/mol. The van der Waals surface area contributed by atoms with E-state index in [1.165, 1.54) is 18.2 Å². The highest BCUT2D eigenvalue weighted by Gasteiger charge is 2.10. The summed E-state index contributed by atoms with van der Waals surface area (Å²) < 4.78 is 20.1. The van der Waals surface area contributed by atoms with Crippen LogP contribution in [0.25, 0.3) is 0 Å². The van der Waals surface area contributed by atoms with Gasteiger partial charge in [-0.2, -0.15) is 0 Å². The maximum absolute atomic E-state index is 13.2. The zero-order valence-corrected chi connectivity index (χ0v) is 14.6. The van der Waals surface area contributed by atoms with Crippen LogP contribution in [0.15, 0.2) is 34.8 Å². The molecule has 0 saturated carbocycles. The third-order valence-electron chi connectivity index (χ3n) is 2.84. The lowest BCUT2D eigenvalue weighted by molar-refractivity contribution is 0.301. The van der Waals surface area contributed by atoms with Crippen molar-refractivity contribution in [2.45, 2.75) is 18.9 Å². The topological polar surface area (TPSA) is 9.23 Å². The lowest BCUT2D eigenvalue weighted by atomic mass is 10.1. The number of hydrogen-bond acceptors (Lipinski definition) is 1. The summed E-state index contributed by atoms with van der Waals surface area (Å²) in [4.78, 5) is 0. The second-order valence-electron chi connectivity index (χ2n) is 4.37. The molecule has 0 aromatic heterocycles. The van der Waals surface area contributed by atoms with E-state index in [9.17, 15) is 4.39 Å². The van der Waals surface area contributed by atoms with E-state index in [1.807, 2.05) is 19.1 Å². The second-order valence-corrected chi connectivity index (χ2v) is 6.25. The summed E-state index contributed by atoms with van der Waals surface area (Å²) in [5.74, 6) is 0.478. The first-order valence-corrected chi connectivity index (χ1v) is 8.22. The Morgan fingerprint density at radius 2 is 1.95 bits per heavy atom. The second kappa shape index (κ2) is 6.92. The van der Waals surface area contributed by atoms with Crippen LogP contribution < -0.4 is 4.74 Å². The maximum Gasteiger partial charge on any atom is 0.126 e. The summed E-state index contributed by atoms with van der Waals surface area (Å²) in [5.41, 5.74) is 2.68. The van der Waals surface area contributed by atoms with E-state index in [0.29, 0.717) is 15.9 Å². The van der Waals surface area contributed by atoms with Crippen LogP contribution in [0, 0.1) is 12.7 Å². The summed E-state index contributed by atoms with van der Waals surface area (Å²) in [6.07, 6.45) is 0. The number of ether oxygens (including phenoxy) is 1. The molecular weight excluding hydrogens is 410 g/mol. The van der Waals surface area contributed by atoms with Crippen LogP contribution in [0.4, 0.5) is 4.39 Å². The van der Waals surface area contributed by atoms with Gasteiger partial charge in [-0.3, -0.25) is 0 Å². The van der Waals surface area contributed by atoms with Crippen molar-refractivity contribution < 1.29 is 9.13 Å². The Morgan fingerprint density at radius 3 is 2.65 bits per heavy atom. The van der Waals surface area contributed by atoms with Crippen molar-refractivity contribution in [2.24, 2.45) is 0 Å². The Hall–Kier alpha value is -0.580. The van der Waals surface area contributed by atoms with Crippen molar-refractivity contribution in [1.29, 1.82) is 0 Å². The Kier molecular flexibility index (Phi) is 5.47. The number of alkyl halides is 1. The molecule has 0 N–H and O–H groups in total. The van der Waals surface area contributed by atoms with E-state index in [-0.39, 0.29) is 12.4 Å². The molecule has 0 aliphatic heterocycles. The molecule has 0 aliphatic carbocycles. The first kappa shape index (κ1) is 15.8. The van der Waals surface area contributed by atoms with Crippen LogP contribution in [0.3, 0.4) is 0 Å². The number of hydrogen-bond donors (Lipinski definition) is 0. The average molecular weight is 423 g/mol. The standard InChI is InChI=1S/C15H12Br2ClFO/c1-9-4-12(17)5-10(7-16)15(9)20-8-11-6-13(19)2-3-14(11)18/h2-6H,7-8H2,1H3. The molecule has 106 valence electrons. The minimum Gasteiger partial charge on any atom is -0.488 e. The fourth-order valence-corrected chi connectivity index (χ4v) is 3.12. The van der Waals surface area contributed by atoms with Gasteiger partial charge in [0.25, 0.3) is 0 Å². The molecular formula is C15H12Br2ClFO. The number of aryl methyl sites for hydroxylation is 1. The summed E-state index contributed by atoms with van der Waals surface area (Å²) in [5, 5.41) is 1.18. The van der Waals surface area contributed by atoms with Crippen LogP contribution in [-0.2, 0) is 11.9 Å². The van der Waals surface area contributed by atoms with Gasteiger partial charge in [0, 0.05) is 26.0 Å². The largest absolute Gasteiger partial charge is 0.488 e. The number of benzene rings is 2. The summed E-state index contributed by atoms with van der Waals surface area (Å²) >= 11 is 12.9. The highest BCUT2D eigenvalue weighted by atomic mass is 79.9. The molecule has 1 nitrogen and oxygen atoms in total. The molecule has 0 radical (unpaired) electrons. The highest BCUT2D eigenvalue weighted by Crippen LogP contribution is 2.31. The quantitative estimate of drug-likeness (QED) is 0.547. The molecule has 0 spiro atoms. The molecule has 0 atom stereocenters. The Morgan fingerprint density at radius 1 is 1.20 bits per heavy atom. The average Bonchev–Trinajstić information content (AvgIpc) is 2.40. The van der Waals surface area contributed by atoms with E-state index in [1.54, 1.807) is 0 Å². The van der Waals surface area contributed by atoms with Crippen molar-refractivity contribution in [3.8, 4) is 5.75 Å². The monoisotopic (exact) mass is 420 g/mol. The van der Waals surface area contributed by atoms with Gasteiger partial charge in [-0.15, -0.1) is 0 Å². The van der Waals surface area contributed by atoms with E-state index in [4.69, 9.17) is 16.3 Å². The lowest BCUT2D eigenvalue weighted by Crippen LogP contribution is -2.01. The van der Waals surface area contributed by atoms with Crippen molar-refractivity contribution >= 4 is 43.5 Å². The van der Waals surface area contributed by atoms with Crippen LogP contribution >= 0.6 is 43.5 Å². The molecule has 5 heteroatoms. The highest BCUT2D eigenvalue weighted by molar-refractivity contribution is 9.10. The SMILES string of the molecule is Cc1cc(Br)cc(CBr)c1OCc1cc(F)ccc1Cl. The maximum atomic E-state index is 13.2. The van der Waals surface area contributed by atoms with E-state index < -0.39 is 0 Å². The lowest BCUT2D eigenvalue weighted by Gasteiger charge is -2.14. The molecule has 0 heterocycles. The van der Waals surface area contributed by atoms with Crippen molar-refractivity contribution in [1.82, 2.24) is 0 Å². The van der Waals surface area contributed by atoms with E-state index in [2.05, 4.69) is 31.9 Å². The smallest absolute Gasteiger partial charge is 0.126 e. The molecule has 0 amide bonds. The molecule has 0 unspecified atom stereocenters.